The van der Waals surface area contributed by atoms with Crippen molar-refractivity contribution in [2.75, 3.05) is 23.9 Å². The van der Waals surface area contributed by atoms with E-state index in [1.54, 1.807) is 54.6 Å². The minimum Gasteiger partial charge on any atom is -0.829 e. The van der Waals surface area contributed by atoms with Crippen molar-refractivity contribution in [3.05, 3.63) is 64.6 Å². The highest BCUT2D eigenvalue weighted by Gasteiger charge is 2.44. The van der Waals surface area contributed by atoms with Gasteiger partial charge in [0.1, 0.15) is 24.1 Å². The second-order valence-electron chi connectivity index (χ2n) is 8.60. The number of methoxy groups -OCH3 is 1. The molecular weight excluding hydrogens is 548 g/mol. The molecule has 11 heteroatoms. The number of rotatable bonds is 6. The molecule has 1 heterocycles. The molecule has 0 aliphatic carbocycles. The number of benzene rings is 3. The molecule has 1 aliphatic rings. The first-order chi connectivity index (χ1) is 17.7. The average Bonchev–Trinajstić information content (AvgIpc) is 2.88. The Balaban J connectivity index is 1.86. The van der Waals surface area contributed by atoms with E-state index < -0.39 is 49.1 Å². The monoisotopic (exact) mass is 573 g/mol. The lowest BCUT2D eigenvalue weighted by Crippen LogP contribution is -2.68. The zero-order valence-corrected chi connectivity index (χ0v) is 21.6. The largest absolute Gasteiger partial charge is 0.829 e. The van der Waals surface area contributed by atoms with Crippen LogP contribution in [-0.4, -0.2) is 71.5 Å². The normalized spacial score (nSPS) is 23.5. The van der Waals surface area contributed by atoms with Gasteiger partial charge in [-0.2, -0.15) is 0 Å². The maximum absolute atomic E-state index is 13.6. The third-order valence-corrected chi connectivity index (χ3v) is 6.76. The first kappa shape index (κ1) is 27.0. The van der Waals surface area contributed by atoms with Gasteiger partial charge in [-0.3, -0.25) is 9.59 Å². The van der Waals surface area contributed by atoms with Crippen LogP contribution in [0.2, 0.25) is 0 Å². The van der Waals surface area contributed by atoms with E-state index in [0.29, 0.717) is 22.2 Å². The molecule has 0 saturated carbocycles. The summed E-state index contributed by atoms with van der Waals surface area (Å²) in [5.74, 6) is -0.848. The second-order valence-corrected chi connectivity index (χ2v) is 9.52. The summed E-state index contributed by atoms with van der Waals surface area (Å²) < 4.78 is 11.3. The maximum atomic E-state index is 13.6. The molecule has 0 bridgehead atoms. The number of aliphatic hydroxyl groups is 3. The number of aliphatic hydroxyl groups excluding tert-OH is 3. The molecule has 1 aliphatic heterocycles. The Morgan fingerprint density at radius 2 is 1.84 bits per heavy atom. The first-order valence-electron chi connectivity index (χ1n) is 11.4. The molecule has 0 radical (unpaired) electrons. The van der Waals surface area contributed by atoms with Gasteiger partial charge in [-0.15, -0.1) is 0 Å². The van der Waals surface area contributed by atoms with E-state index in [1.165, 1.54) is 14.0 Å². The van der Waals surface area contributed by atoms with Gasteiger partial charge >= 0.3 is 0 Å². The van der Waals surface area contributed by atoms with Crippen LogP contribution in [0.15, 0.2) is 59.1 Å². The lowest BCUT2D eigenvalue weighted by Gasteiger charge is -2.50. The summed E-state index contributed by atoms with van der Waals surface area (Å²) >= 11 is 3.41. The molecular formula is C26H26BrN2O8-. The second kappa shape index (κ2) is 11.1. The van der Waals surface area contributed by atoms with Gasteiger partial charge in [-0.25, -0.2) is 0 Å². The standard InChI is InChI=1S/C26H26BrN2O8/c1-13(31)29(22-24(33)23(32)21(12-30)37-26(22)35)19-11-14-7-8-16(27)9-15(14)10-17(19)25(34)28-18-5-3-4-6-20(18)36-2/h3-11,21-24,26,30,32-33H,12H2,1-2H3,(H,28,34)/q-1/t21-,22-,23-,24-,26-/m1/s1. The number of hydrogen-bond acceptors (Lipinski definition) is 8. The van der Waals surface area contributed by atoms with Crippen LogP contribution in [0.3, 0.4) is 0 Å². The zero-order valence-electron chi connectivity index (χ0n) is 20.0. The molecule has 37 heavy (non-hydrogen) atoms. The lowest BCUT2D eigenvalue weighted by molar-refractivity contribution is -0.517. The Hall–Kier alpha value is -3.06. The Bertz CT molecular complexity index is 1320. The maximum Gasteiger partial charge on any atom is 0.257 e. The Morgan fingerprint density at radius 1 is 1.11 bits per heavy atom. The SMILES string of the molecule is COc1ccccc1NC(=O)c1cc2cc(Br)ccc2cc1N(C(C)=O)[C@@H]1[C@@H](O)[C@H](O)[C@@H](CO)O[C@H]1[O-]. The van der Waals surface area contributed by atoms with Crippen molar-refractivity contribution in [3.8, 4) is 5.75 Å². The van der Waals surface area contributed by atoms with Crippen LogP contribution in [0.5, 0.6) is 5.75 Å². The predicted molar refractivity (Wildman–Crippen MR) is 137 cm³/mol. The molecule has 4 N–H and O–H groups in total. The van der Waals surface area contributed by atoms with Gasteiger partial charge < -0.3 is 40.1 Å². The van der Waals surface area contributed by atoms with Crippen molar-refractivity contribution in [1.29, 1.82) is 0 Å². The smallest absolute Gasteiger partial charge is 0.257 e. The van der Waals surface area contributed by atoms with Crippen LogP contribution in [-0.2, 0) is 9.53 Å². The van der Waals surface area contributed by atoms with Crippen LogP contribution in [0, 0.1) is 0 Å². The summed E-state index contributed by atoms with van der Waals surface area (Å²) in [7, 11) is 1.46. The number of halogens is 1. The van der Waals surface area contributed by atoms with E-state index in [9.17, 15) is 30.0 Å². The Morgan fingerprint density at radius 3 is 2.51 bits per heavy atom. The van der Waals surface area contributed by atoms with E-state index in [4.69, 9.17) is 9.47 Å². The van der Waals surface area contributed by atoms with Gasteiger partial charge in [0.05, 0.1) is 36.7 Å². The fourth-order valence-corrected chi connectivity index (χ4v) is 4.84. The lowest BCUT2D eigenvalue weighted by atomic mass is 9.94. The number of fused-ring (bicyclic) bond motifs is 1. The predicted octanol–water partition coefficient (Wildman–Crippen LogP) is 1.38. The summed E-state index contributed by atoms with van der Waals surface area (Å²) in [6.45, 7) is 0.485. The van der Waals surface area contributed by atoms with Crippen molar-refractivity contribution >= 4 is 49.9 Å². The number of nitrogens with one attached hydrogen (secondary N) is 1. The van der Waals surface area contributed by atoms with Crippen LogP contribution in [0.1, 0.15) is 17.3 Å². The van der Waals surface area contributed by atoms with Crippen LogP contribution in [0.25, 0.3) is 10.8 Å². The molecule has 3 aromatic rings. The molecule has 4 rings (SSSR count). The minimum atomic E-state index is -2.01. The van der Waals surface area contributed by atoms with E-state index in [2.05, 4.69) is 21.2 Å². The quantitative estimate of drug-likeness (QED) is 0.345. The van der Waals surface area contributed by atoms with Crippen LogP contribution in [0.4, 0.5) is 11.4 Å². The summed E-state index contributed by atoms with van der Waals surface area (Å²) in [4.78, 5) is 27.5. The molecule has 5 atom stereocenters. The third kappa shape index (κ3) is 5.33. The van der Waals surface area contributed by atoms with Crippen LogP contribution >= 0.6 is 15.9 Å². The van der Waals surface area contributed by atoms with Gasteiger partial charge in [-0.1, -0.05) is 34.1 Å². The number of hydrogen-bond donors (Lipinski definition) is 4. The summed E-state index contributed by atoms with van der Waals surface area (Å²) in [6.07, 6.45) is -6.71. The Kier molecular flexibility index (Phi) is 8.12. The fourth-order valence-electron chi connectivity index (χ4n) is 4.46. The van der Waals surface area contributed by atoms with E-state index >= 15 is 0 Å². The minimum absolute atomic E-state index is 0.0323. The highest BCUT2D eigenvalue weighted by atomic mass is 79.9. The Labute approximate surface area is 221 Å². The van der Waals surface area contributed by atoms with Crippen molar-refractivity contribution < 1.29 is 39.5 Å². The van der Waals surface area contributed by atoms with Crippen LogP contribution < -0.4 is 20.1 Å². The summed E-state index contributed by atoms with van der Waals surface area (Å²) in [5.41, 5.74) is 0.455. The molecule has 0 spiro atoms. The van der Waals surface area contributed by atoms with E-state index in [-0.39, 0.29) is 11.3 Å². The molecule has 0 aromatic heterocycles. The van der Waals surface area contributed by atoms with Gasteiger partial charge in [0.25, 0.3) is 5.91 Å². The molecule has 1 fully saturated rings. The van der Waals surface area contributed by atoms with Gasteiger partial charge in [0.2, 0.25) is 5.91 Å². The van der Waals surface area contributed by atoms with Crippen molar-refractivity contribution in [2.24, 2.45) is 0 Å². The van der Waals surface area contributed by atoms with Gasteiger partial charge in [0, 0.05) is 17.7 Å². The molecule has 196 valence electrons. The molecule has 2 amide bonds. The van der Waals surface area contributed by atoms with Crippen molar-refractivity contribution in [2.45, 2.75) is 37.6 Å². The number of anilines is 2. The van der Waals surface area contributed by atoms with Crippen molar-refractivity contribution in [1.82, 2.24) is 0 Å². The highest BCUT2D eigenvalue weighted by molar-refractivity contribution is 9.10. The van der Waals surface area contributed by atoms with Gasteiger partial charge in [-0.05, 0) is 47.2 Å². The number of para-hydroxylation sites is 2. The van der Waals surface area contributed by atoms with Gasteiger partial charge in [0.15, 0.2) is 0 Å². The van der Waals surface area contributed by atoms with Crippen molar-refractivity contribution in [3.63, 3.8) is 0 Å². The number of ether oxygens (including phenoxy) is 2. The summed E-state index contributed by atoms with van der Waals surface area (Å²) in [6, 6.07) is 13.7. The number of amides is 2. The number of carbonyl (C=O) groups is 2. The zero-order chi connectivity index (χ0) is 26.9. The first-order valence-corrected chi connectivity index (χ1v) is 12.2. The molecule has 1 saturated heterocycles. The average molecular weight is 574 g/mol. The molecule has 10 nitrogen and oxygen atoms in total. The van der Waals surface area contributed by atoms with E-state index in [1.807, 2.05) is 0 Å². The topological polar surface area (TPSA) is 152 Å². The molecule has 3 aromatic carbocycles. The fraction of sp³-hybridized carbons (Fsp3) is 0.308. The molecule has 0 unspecified atom stereocenters. The number of carbonyl (C=O) groups excluding carboxylic acids is 2. The highest BCUT2D eigenvalue weighted by Crippen LogP contribution is 2.35. The number of nitrogens with zero attached hydrogens (tertiary/aromatic N) is 1. The van der Waals surface area contributed by atoms with E-state index in [0.717, 1.165) is 9.37 Å². The third-order valence-electron chi connectivity index (χ3n) is 6.26. The summed E-state index contributed by atoms with van der Waals surface area (Å²) in [5, 5.41) is 47.7.